The van der Waals surface area contributed by atoms with Crippen LogP contribution in [0.1, 0.15) is 184 Å². The van der Waals surface area contributed by atoms with E-state index in [-0.39, 0.29) is 0 Å². The zero-order valence-corrected chi connectivity index (χ0v) is 46.1. The first-order valence-electron chi connectivity index (χ1n) is 22.9. The second-order valence-electron chi connectivity index (χ2n) is 15.7. The summed E-state index contributed by atoms with van der Waals surface area (Å²) >= 11 is 4.07. The molecule has 0 aliphatic rings. The summed E-state index contributed by atoms with van der Waals surface area (Å²) in [5.41, 5.74) is 0. The first-order chi connectivity index (χ1) is 27.9. The molecule has 0 bridgehead atoms. The topological polar surface area (TPSA) is 135 Å². The zero-order valence-electron chi connectivity index (χ0n) is 40.0. The Morgan fingerprint density at radius 3 is 1.41 bits per heavy atom. The Morgan fingerprint density at radius 2 is 1.02 bits per heavy atom. The minimum absolute atomic E-state index is 0.323. The van der Waals surface area contributed by atoms with E-state index in [2.05, 4.69) is 94.1 Å². The molecule has 16 heteroatoms. The van der Waals surface area contributed by atoms with E-state index in [4.69, 9.17) is 14.3 Å². The molecule has 0 saturated carbocycles. The van der Waals surface area contributed by atoms with Crippen LogP contribution < -0.4 is 9.79 Å². The second kappa shape index (κ2) is 50.6. The molecular formula is C43H94N2O7P4S3-2. The number of nitrogens with zero attached hydrogens (tertiary/aromatic N) is 2. The molecule has 0 N–H and O–H groups in total. The van der Waals surface area contributed by atoms with Gasteiger partial charge in [0, 0.05) is 37.6 Å². The highest BCUT2D eigenvalue weighted by molar-refractivity contribution is 8.76. The van der Waals surface area contributed by atoms with Crippen molar-refractivity contribution >= 4 is 65.6 Å². The molecule has 0 amide bonds. The monoisotopic (exact) mass is 971 g/mol. The molecule has 0 fully saturated rings. The van der Waals surface area contributed by atoms with Crippen molar-refractivity contribution in [1.29, 1.82) is 5.26 Å². The number of unbranched alkanes of at least 4 members (excludes halogenated alkanes) is 13. The summed E-state index contributed by atoms with van der Waals surface area (Å²) in [7, 11) is -2.94. The maximum absolute atomic E-state index is 10.5. The van der Waals surface area contributed by atoms with Gasteiger partial charge in [0.25, 0.3) is 8.53 Å². The van der Waals surface area contributed by atoms with Crippen molar-refractivity contribution in [3.63, 3.8) is 0 Å². The van der Waals surface area contributed by atoms with E-state index < -0.39 is 23.5 Å². The maximum Gasteiger partial charge on any atom is 0.259 e. The summed E-state index contributed by atoms with van der Waals surface area (Å²) in [6.45, 7) is 22.9. The molecule has 59 heavy (non-hydrogen) atoms. The Bertz CT molecular complexity index is 941. The third-order valence-electron chi connectivity index (χ3n) is 8.26. The van der Waals surface area contributed by atoms with Gasteiger partial charge in [-0.25, -0.2) is 4.67 Å². The summed E-state index contributed by atoms with van der Waals surface area (Å²) < 4.78 is 39.1. The summed E-state index contributed by atoms with van der Waals surface area (Å²) in [5, 5.41) is 8.76. The van der Waals surface area contributed by atoms with Crippen molar-refractivity contribution in [3.05, 3.63) is 0 Å². The van der Waals surface area contributed by atoms with E-state index in [1.165, 1.54) is 115 Å². The quantitative estimate of drug-likeness (QED) is 0.0276. The van der Waals surface area contributed by atoms with Gasteiger partial charge in [0.15, 0.2) is 0 Å². The van der Waals surface area contributed by atoms with Crippen LogP contribution in [0.15, 0.2) is 0 Å². The summed E-state index contributed by atoms with van der Waals surface area (Å²) in [6, 6.07) is 2.88. The standard InChI is InChI=1S/C22H45N2O2PS2.C12H27P.C7H17O3PS.C2H7O2P/c1-6-7-8-10-13-19-28-29-20-14-11-9-12-17-25-27(26-18-15-16-23)24(21(2)3)22(4)5;1-4-7-10-13(11-8-5-2)12-9-6-3;1-11(8,9)10-6-4-2-3-5-7-12;1-5(2,3)4/h21-22H,6-15,17-20H2,1-5H3;4-12H2,1-3H3;12H,2-7H2,1H3,(H,8,9);1-2H3,(H,3,4)/p-2. The molecule has 0 aromatic rings. The van der Waals surface area contributed by atoms with Gasteiger partial charge >= 0.3 is 0 Å². The van der Waals surface area contributed by atoms with E-state index in [0.29, 0.717) is 39.6 Å². The highest BCUT2D eigenvalue weighted by Crippen LogP contribution is 2.46. The molecule has 0 aliphatic heterocycles. The van der Waals surface area contributed by atoms with Gasteiger partial charge < -0.3 is 32.5 Å². The van der Waals surface area contributed by atoms with Crippen LogP contribution in [-0.2, 0) is 22.7 Å². The Labute approximate surface area is 383 Å². The van der Waals surface area contributed by atoms with Crippen molar-refractivity contribution < 1.29 is 32.5 Å². The van der Waals surface area contributed by atoms with Gasteiger partial charge in [0.2, 0.25) is 0 Å². The predicted octanol–water partition coefficient (Wildman–Crippen LogP) is 14.6. The molecule has 358 valence electrons. The largest absolute Gasteiger partial charge is 0.800 e. The molecule has 9 nitrogen and oxygen atoms in total. The van der Waals surface area contributed by atoms with Crippen LogP contribution in [0.25, 0.3) is 0 Å². The summed E-state index contributed by atoms with van der Waals surface area (Å²) in [6.07, 6.45) is 29.4. The van der Waals surface area contributed by atoms with Gasteiger partial charge in [0.05, 0.1) is 32.3 Å². The Balaban J connectivity index is -0.000000413. The maximum atomic E-state index is 10.5. The molecule has 0 saturated heterocycles. The molecule has 0 heterocycles. The first-order valence-corrected chi connectivity index (χ1v) is 33.6. The van der Waals surface area contributed by atoms with E-state index in [0.717, 1.165) is 51.1 Å². The summed E-state index contributed by atoms with van der Waals surface area (Å²) in [4.78, 5) is 20.2. The third-order valence-corrected chi connectivity index (χ3v) is 16.8. The highest BCUT2D eigenvalue weighted by Gasteiger charge is 2.26. The fraction of sp³-hybridized carbons (Fsp3) is 0.977. The normalized spacial score (nSPS) is 13.0. The van der Waals surface area contributed by atoms with Crippen molar-refractivity contribution in [2.75, 3.05) is 75.6 Å². The first kappa shape index (κ1) is 67.2. The number of rotatable bonds is 37. The van der Waals surface area contributed by atoms with Crippen LogP contribution in [-0.4, -0.2) is 92.3 Å². The van der Waals surface area contributed by atoms with Crippen LogP contribution >= 0.6 is 65.6 Å². The average Bonchev–Trinajstić information content (AvgIpc) is 3.15. The number of thiol groups is 1. The van der Waals surface area contributed by atoms with Crippen LogP contribution in [0.5, 0.6) is 0 Å². The van der Waals surface area contributed by atoms with Crippen LogP contribution in [0.4, 0.5) is 0 Å². The SMILES string of the molecule is CCCCCCCSSCCCCCCOP(OCCC#N)N(C(C)C)C(C)C.CCCCP(CCCC)CCCC.CP(=O)([O-])OCCCCCCS.CP(C)(=O)[O-]. The number of nitriles is 1. The van der Waals surface area contributed by atoms with E-state index in [1.54, 1.807) is 18.5 Å². The van der Waals surface area contributed by atoms with Gasteiger partial charge in [0.1, 0.15) is 7.60 Å². The molecular weight excluding hydrogens is 877 g/mol. The van der Waals surface area contributed by atoms with Gasteiger partial charge in [-0.15, -0.1) is 7.92 Å². The minimum atomic E-state index is -3.49. The lowest BCUT2D eigenvalue weighted by molar-refractivity contribution is -0.196. The Hall–Kier alpha value is 1.62. The van der Waals surface area contributed by atoms with Gasteiger partial charge in [-0.1, -0.05) is 120 Å². The van der Waals surface area contributed by atoms with Gasteiger partial charge in [-0.2, -0.15) is 17.9 Å². The lowest BCUT2D eigenvalue weighted by Crippen LogP contribution is -2.33. The van der Waals surface area contributed by atoms with E-state index in [1.807, 2.05) is 10.8 Å². The molecule has 2 atom stereocenters. The molecule has 0 rings (SSSR count). The fourth-order valence-electron chi connectivity index (χ4n) is 5.23. The Kier molecular flexibility index (Phi) is 57.7. The molecule has 0 spiro atoms. The Morgan fingerprint density at radius 1 is 0.627 bits per heavy atom. The number of hydrogen-bond donors (Lipinski definition) is 1. The third kappa shape index (κ3) is 64.0. The molecule has 0 aromatic carbocycles. The smallest absolute Gasteiger partial charge is 0.259 e. The van der Waals surface area contributed by atoms with Crippen molar-refractivity contribution in [3.8, 4) is 6.07 Å². The van der Waals surface area contributed by atoms with Crippen LogP contribution in [0.3, 0.4) is 0 Å². The van der Waals surface area contributed by atoms with Crippen molar-refractivity contribution in [2.45, 2.75) is 196 Å². The zero-order chi connectivity index (χ0) is 45.6. The van der Waals surface area contributed by atoms with Crippen LogP contribution in [0.2, 0.25) is 0 Å². The van der Waals surface area contributed by atoms with E-state index in [9.17, 15) is 18.9 Å². The van der Waals surface area contributed by atoms with Crippen LogP contribution in [0, 0.1) is 11.3 Å². The molecule has 0 radical (unpaired) electrons. The van der Waals surface area contributed by atoms with E-state index >= 15 is 0 Å². The highest BCUT2D eigenvalue weighted by atomic mass is 33.1. The summed E-state index contributed by atoms with van der Waals surface area (Å²) in [5.74, 6) is 3.47. The minimum Gasteiger partial charge on any atom is -0.800 e. The average molecular weight is 971 g/mol. The predicted molar refractivity (Wildman–Crippen MR) is 271 cm³/mol. The van der Waals surface area contributed by atoms with Gasteiger partial charge in [-0.05, 0) is 117 Å². The second-order valence-corrected chi connectivity index (χ2v) is 27.3. The van der Waals surface area contributed by atoms with Crippen molar-refractivity contribution in [2.24, 2.45) is 0 Å². The molecule has 0 aliphatic carbocycles. The number of hydrogen-bond acceptors (Lipinski definition) is 12. The van der Waals surface area contributed by atoms with Gasteiger partial charge in [-0.3, -0.25) is 0 Å². The molecule has 2 unspecified atom stereocenters. The van der Waals surface area contributed by atoms with Crippen molar-refractivity contribution in [1.82, 2.24) is 4.67 Å². The lowest BCUT2D eigenvalue weighted by Gasteiger charge is -2.35. The molecule has 0 aromatic heterocycles. The lowest BCUT2D eigenvalue weighted by atomic mass is 10.2. The fourth-order valence-corrected chi connectivity index (χ4v) is 12.8.